The highest BCUT2D eigenvalue weighted by atomic mass is 35.5. The largest absolute Gasteiger partial charge is 0.481 e. The standard InChI is InChI=1S/C16H13ClO4S/c1-21-16(20)13-9-12(6-7-14(13)17)22-11-4-2-10(3-5-11)8-15(18)19/h2-7,9H,8H2,1H3,(H,18,19). The van der Waals surface area contributed by atoms with Crippen LogP contribution in [0.4, 0.5) is 0 Å². The van der Waals surface area contributed by atoms with Gasteiger partial charge < -0.3 is 9.84 Å². The molecule has 1 N–H and O–H groups in total. The van der Waals surface area contributed by atoms with Crippen LogP contribution in [0.5, 0.6) is 0 Å². The van der Waals surface area contributed by atoms with E-state index in [1.807, 2.05) is 18.2 Å². The molecule has 0 radical (unpaired) electrons. The maximum atomic E-state index is 11.6. The lowest BCUT2D eigenvalue weighted by atomic mass is 10.2. The molecule has 0 bridgehead atoms. The summed E-state index contributed by atoms with van der Waals surface area (Å²) in [6, 6.07) is 12.4. The van der Waals surface area contributed by atoms with Crippen molar-refractivity contribution < 1.29 is 19.4 Å². The lowest BCUT2D eigenvalue weighted by Gasteiger charge is -2.06. The molecule has 0 saturated heterocycles. The Balaban J connectivity index is 2.16. The number of ether oxygens (including phenoxy) is 1. The van der Waals surface area contributed by atoms with Crippen LogP contribution in [0.3, 0.4) is 0 Å². The molecule has 4 nitrogen and oxygen atoms in total. The van der Waals surface area contributed by atoms with Gasteiger partial charge in [-0.3, -0.25) is 4.79 Å². The Kier molecular flexibility index (Phi) is 5.46. The van der Waals surface area contributed by atoms with Crippen molar-refractivity contribution in [2.75, 3.05) is 7.11 Å². The van der Waals surface area contributed by atoms with Gasteiger partial charge in [-0.25, -0.2) is 4.79 Å². The number of carbonyl (C=O) groups is 2. The molecule has 2 aromatic rings. The number of rotatable bonds is 5. The Morgan fingerprint density at radius 2 is 1.77 bits per heavy atom. The van der Waals surface area contributed by atoms with Crippen LogP contribution in [0.2, 0.25) is 5.02 Å². The fraction of sp³-hybridized carbons (Fsp3) is 0.125. The van der Waals surface area contributed by atoms with Crippen molar-refractivity contribution in [3.63, 3.8) is 0 Å². The fourth-order valence-electron chi connectivity index (χ4n) is 1.82. The van der Waals surface area contributed by atoms with Crippen LogP contribution in [0.25, 0.3) is 0 Å². The fourth-order valence-corrected chi connectivity index (χ4v) is 2.87. The summed E-state index contributed by atoms with van der Waals surface area (Å²) in [6.07, 6.45) is -0.00161. The van der Waals surface area contributed by atoms with Crippen molar-refractivity contribution in [2.45, 2.75) is 16.2 Å². The van der Waals surface area contributed by atoms with Crippen LogP contribution < -0.4 is 0 Å². The number of aliphatic carboxylic acids is 1. The summed E-state index contributed by atoms with van der Waals surface area (Å²) in [4.78, 5) is 24.0. The zero-order chi connectivity index (χ0) is 16.1. The van der Waals surface area contributed by atoms with Gasteiger partial charge in [0.25, 0.3) is 0 Å². The van der Waals surface area contributed by atoms with E-state index >= 15 is 0 Å². The van der Waals surface area contributed by atoms with Gasteiger partial charge in [0.05, 0.1) is 24.1 Å². The molecular weight excluding hydrogens is 324 g/mol. The molecular formula is C16H13ClO4S. The Hall–Kier alpha value is -1.98. The summed E-state index contributed by atoms with van der Waals surface area (Å²) in [5, 5.41) is 9.08. The first-order valence-electron chi connectivity index (χ1n) is 6.36. The summed E-state index contributed by atoms with van der Waals surface area (Å²) in [5.74, 6) is -1.34. The zero-order valence-electron chi connectivity index (χ0n) is 11.7. The minimum absolute atomic E-state index is 0.00161. The summed E-state index contributed by atoms with van der Waals surface area (Å²) in [6.45, 7) is 0. The number of halogens is 1. The normalized spacial score (nSPS) is 10.3. The summed E-state index contributed by atoms with van der Waals surface area (Å²) < 4.78 is 4.69. The molecule has 0 fully saturated rings. The van der Waals surface area contributed by atoms with Crippen LogP contribution >= 0.6 is 23.4 Å². The van der Waals surface area contributed by atoms with Crippen molar-refractivity contribution in [1.29, 1.82) is 0 Å². The average molecular weight is 337 g/mol. The van der Waals surface area contributed by atoms with Gasteiger partial charge in [0.15, 0.2) is 0 Å². The van der Waals surface area contributed by atoms with Crippen LogP contribution in [0.15, 0.2) is 52.3 Å². The van der Waals surface area contributed by atoms with E-state index in [9.17, 15) is 9.59 Å². The van der Waals surface area contributed by atoms with Gasteiger partial charge >= 0.3 is 11.9 Å². The number of benzene rings is 2. The number of carbonyl (C=O) groups excluding carboxylic acids is 1. The molecule has 114 valence electrons. The number of carboxylic acid groups (broad SMARTS) is 1. The van der Waals surface area contributed by atoms with E-state index in [0.29, 0.717) is 10.6 Å². The minimum Gasteiger partial charge on any atom is -0.481 e. The predicted octanol–water partition coefficient (Wildman–Crippen LogP) is 3.90. The highest BCUT2D eigenvalue weighted by molar-refractivity contribution is 7.99. The van der Waals surface area contributed by atoms with Gasteiger partial charge in [-0.05, 0) is 35.9 Å². The molecule has 22 heavy (non-hydrogen) atoms. The third kappa shape index (κ3) is 4.26. The van der Waals surface area contributed by atoms with E-state index in [0.717, 1.165) is 15.4 Å². The maximum Gasteiger partial charge on any atom is 0.339 e. The number of hydrogen-bond acceptors (Lipinski definition) is 4. The lowest BCUT2D eigenvalue weighted by Crippen LogP contribution is -2.02. The van der Waals surface area contributed by atoms with Gasteiger partial charge in [-0.1, -0.05) is 35.5 Å². The van der Waals surface area contributed by atoms with E-state index in [-0.39, 0.29) is 6.42 Å². The third-order valence-corrected chi connectivity index (χ3v) is 4.18. The van der Waals surface area contributed by atoms with Gasteiger partial charge in [0.1, 0.15) is 0 Å². The van der Waals surface area contributed by atoms with Gasteiger partial charge in [0, 0.05) is 9.79 Å². The molecule has 0 spiro atoms. The van der Waals surface area contributed by atoms with Crippen LogP contribution in [0.1, 0.15) is 15.9 Å². The van der Waals surface area contributed by atoms with E-state index in [2.05, 4.69) is 4.74 Å². The molecule has 0 aromatic heterocycles. The van der Waals surface area contributed by atoms with E-state index in [1.54, 1.807) is 24.3 Å². The molecule has 6 heteroatoms. The highest BCUT2D eigenvalue weighted by Crippen LogP contribution is 2.31. The molecule has 0 aliphatic carbocycles. The molecule has 0 atom stereocenters. The van der Waals surface area contributed by atoms with E-state index in [4.69, 9.17) is 16.7 Å². The second-order valence-electron chi connectivity index (χ2n) is 4.45. The van der Waals surface area contributed by atoms with Crippen molar-refractivity contribution >= 4 is 35.3 Å². The summed E-state index contributed by atoms with van der Waals surface area (Å²) in [7, 11) is 1.31. The molecule has 0 amide bonds. The SMILES string of the molecule is COC(=O)c1cc(Sc2ccc(CC(=O)O)cc2)ccc1Cl. The third-order valence-electron chi connectivity index (χ3n) is 2.86. The molecule has 0 aliphatic rings. The minimum atomic E-state index is -0.860. The number of methoxy groups -OCH3 is 1. The Labute approximate surface area is 137 Å². The number of hydrogen-bond donors (Lipinski definition) is 1. The molecule has 0 heterocycles. The van der Waals surface area contributed by atoms with Crippen molar-refractivity contribution in [2.24, 2.45) is 0 Å². The molecule has 0 unspecified atom stereocenters. The zero-order valence-corrected chi connectivity index (χ0v) is 13.3. The monoisotopic (exact) mass is 336 g/mol. The smallest absolute Gasteiger partial charge is 0.339 e. The first-order valence-corrected chi connectivity index (χ1v) is 7.55. The molecule has 2 rings (SSSR count). The van der Waals surface area contributed by atoms with Crippen molar-refractivity contribution in [1.82, 2.24) is 0 Å². The second-order valence-corrected chi connectivity index (χ2v) is 6.00. The van der Waals surface area contributed by atoms with Crippen molar-refractivity contribution in [3.05, 3.63) is 58.6 Å². The van der Waals surface area contributed by atoms with Crippen LogP contribution in [-0.2, 0) is 16.0 Å². The summed E-state index contributed by atoms with van der Waals surface area (Å²) in [5.41, 5.74) is 1.06. The Bertz CT molecular complexity index is 698. The molecule has 0 aliphatic heterocycles. The predicted molar refractivity (Wildman–Crippen MR) is 84.7 cm³/mol. The highest BCUT2D eigenvalue weighted by Gasteiger charge is 2.12. The second kappa shape index (κ2) is 7.33. The first-order chi connectivity index (χ1) is 10.5. The molecule has 2 aromatic carbocycles. The maximum absolute atomic E-state index is 11.6. The quantitative estimate of drug-likeness (QED) is 0.839. The number of carboxylic acids is 1. The average Bonchev–Trinajstić information content (AvgIpc) is 2.50. The van der Waals surface area contributed by atoms with Crippen molar-refractivity contribution in [3.8, 4) is 0 Å². The van der Waals surface area contributed by atoms with Gasteiger partial charge in [-0.15, -0.1) is 0 Å². The summed E-state index contributed by atoms with van der Waals surface area (Å²) >= 11 is 7.43. The number of esters is 1. The van der Waals surface area contributed by atoms with E-state index in [1.165, 1.54) is 18.9 Å². The van der Waals surface area contributed by atoms with Gasteiger partial charge in [-0.2, -0.15) is 0 Å². The Morgan fingerprint density at radius 3 is 2.36 bits per heavy atom. The molecule has 0 saturated carbocycles. The lowest BCUT2D eigenvalue weighted by molar-refractivity contribution is -0.136. The van der Waals surface area contributed by atoms with Gasteiger partial charge in [0.2, 0.25) is 0 Å². The Morgan fingerprint density at radius 1 is 1.14 bits per heavy atom. The first kappa shape index (κ1) is 16.4. The van der Waals surface area contributed by atoms with Crippen LogP contribution in [0, 0.1) is 0 Å². The topological polar surface area (TPSA) is 63.6 Å². The van der Waals surface area contributed by atoms with E-state index < -0.39 is 11.9 Å². The van der Waals surface area contributed by atoms with Crippen LogP contribution in [-0.4, -0.2) is 24.2 Å².